The highest BCUT2D eigenvalue weighted by atomic mass is 16.2. The van der Waals surface area contributed by atoms with Crippen LogP contribution in [0.3, 0.4) is 0 Å². The van der Waals surface area contributed by atoms with Crippen LogP contribution in [0.4, 0.5) is 22.0 Å². The number of urea groups is 1. The maximum Gasteiger partial charge on any atom is 0.319 e. The van der Waals surface area contributed by atoms with E-state index in [2.05, 4.69) is 25.8 Å². The summed E-state index contributed by atoms with van der Waals surface area (Å²) in [5, 5.41) is 8.60. The summed E-state index contributed by atoms with van der Waals surface area (Å²) in [6.45, 7) is 1.86. The highest BCUT2D eigenvalue weighted by molar-refractivity contribution is 6.07. The van der Waals surface area contributed by atoms with Crippen molar-refractivity contribution in [2.24, 2.45) is 0 Å². The van der Waals surface area contributed by atoms with Gasteiger partial charge in [-0.05, 0) is 68.5 Å². The Balaban J connectivity index is 1.40. The predicted molar refractivity (Wildman–Crippen MR) is 110 cm³/mol. The van der Waals surface area contributed by atoms with Crippen LogP contribution in [-0.2, 0) is 0 Å². The molecular weight excluding hydrogens is 354 g/mol. The standard InChI is InChI=1S/C21H25N5O2/c27-20(18-5-4-12-22-19(18)26-13-2-1-3-14-26)23-15-6-8-16(9-7-15)24-21(28)25-17-10-11-17/h4-9,12,17H,1-3,10-11,13-14H2,(H,23,27)(H2,24,25,28). The van der Waals surface area contributed by atoms with Crippen molar-refractivity contribution >= 4 is 29.1 Å². The Labute approximate surface area is 164 Å². The van der Waals surface area contributed by atoms with Gasteiger partial charge in [0.1, 0.15) is 5.82 Å². The molecule has 1 aliphatic carbocycles. The molecule has 28 heavy (non-hydrogen) atoms. The van der Waals surface area contributed by atoms with Gasteiger partial charge in [0, 0.05) is 36.7 Å². The number of nitrogens with zero attached hydrogens (tertiary/aromatic N) is 2. The van der Waals surface area contributed by atoms with E-state index in [9.17, 15) is 9.59 Å². The van der Waals surface area contributed by atoms with Gasteiger partial charge in [-0.1, -0.05) is 0 Å². The number of carbonyl (C=O) groups is 2. The van der Waals surface area contributed by atoms with Gasteiger partial charge in [-0.2, -0.15) is 0 Å². The molecule has 0 radical (unpaired) electrons. The van der Waals surface area contributed by atoms with E-state index in [0.29, 0.717) is 23.0 Å². The predicted octanol–water partition coefficient (Wildman–Crippen LogP) is 3.61. The zero-order chi connectivity index (χ0) is 19.3. The minimum atomic E-state index is -0.194. The number of aromatic nitrogens is 1. The normalized spacial score (nSPS) is 16.4. The molecule has 2 fully saturated rings. The maximum absolute atomic E-state index is 12.8. The minimum Gasteiger partial charge on any atom is -0.356 e. The fraction of sp³-hybridized carbons (Fsp3) is 0.381. The van der Waals surface area contributed by atoms with Crippen molar-refractivity contribution in [2.75, 3.05) is 28.6 Å². The number of anilines is 3. The fourth-order valence-electron chi connectivity index (χ4n) is 3.35. The Hall–Kier alpha value is -3.09. The van der Waals surface area contributed by atoms with E-state index in [-0.39, 0.29) is 11.9 Å². The second-order valence-electron chi connectivity index (χ2n) is 7.33. The van der Waals surface area contributed by atoms with E-state index in [1.165, 1.54) is 6.42 Å². The molecule has 1 aliphatic heterocycles. The molecule has 0 bridgehead atoms. The lowest BCUT2D eigenvalue weighted by molar-refractivity contribution is 0.102. The largest absolute Gasteiger partial charge is 0.356 e. The Bertz CT molecular complexity index is 842. The van der Waals surface area contributed by atoms with Gasteiger partial charge in [0.25, 0.3) is 5.91 Å². The van der Waals surface area contributed by atoms with E-state index < -0.39 is 0 Å². The van der Waals surface area contributed by atoms with Crippen LogP contribution < -0.4 is 20.9 Å². The highest BCUT2D eigenvalue weighted by Gasteiger charge is 2.23. The fourth-order valence-corrected chi connectivity index (χ4v) is 3.35. The number of benzene rings is 1. The molecule has 7 nitrogen and oxygen atoms in total. The van der Waals surface area contributed by atoms with Crippen LogP contribution in [-0.4, -0.2) is 36.1 Å². The molecule has 146 valence electrons. The summed E-state index contributed by atoms with van der Waals surface area (Å²) in [7, 11) is 0. The Morgan fingerprint density at radius 2 is 1.61 bits per heavy atom. The number of nitrogens with one attached hydrogen (secondary N) is 3. The number of pyridine rings is 1. The number of rotatable bonds is 5. The molecule has 3 amide bonds. The van der Waals surface area contributed by atoms with Gasteiger partial charge >= 0.3 is 6.03 Å². The van der Waals surface area contributed by atoms with Crippen LogP contribution >= 0.6 is 0 Å². The molecule has 3 N–H and O–H groups in total. The lowest BCUT2D eigenvalue weighted by atomic mass is 10.1. The number of carbonyl (C=O) groups excluding carboxylic acids is 2. The maximum atomic E-state index is 12.8. The molecule has 2 aromatic rings. The van der Waals surface area contributed by atoms with Gasteiger partial charge < -0.3 is 20.9 Å². The lowest BCUT2D eigenvalue weighted by Crippen LogP contribution is -2.32. The van der Waals surface area contributed by atoms with Crippen molar-refractivity contribution in [3.8, 4) is 0 Å². The second kappa shape index (κ2) is 8.29. The average molecular weight is 379 g/mol. The van der Waals surface area contributed by atoms with Crippen molar-refractivity contribution in [2.45, 2.75) is 38.1 Å². The van der Waals surface area contributed by atoms with E-state index >= 15 is 0 Å². The van der Waals surface area contributed by atoms with Gasteiger partial charge in [-0.3, -0.25) is 4.79 Å². The van der Waals surface area contributed by atoms with Crippen LogP contribution in [0.25, 0.3) is 0 Å². The smallest absolute Gasteiger partial charge is 0.319 e. The first-order chi connectivity index (χ1) is 13.7. The summed E-state index contributed by atoms with van der Waals surface area (Å²) < 4.78 is 0. The Morgan fingerprint density at radius 1 is 0.929 bits per heavy atom. The zero-order valence-electron chi connectivity index (χ0n) is 15.8. The lowest BCUT2D eigenvalue weighted by Gasteiger charge is -2.29. The summed E-state index contributed by atoms with van der Waals surface area (Å²) in [5.41, 5.74) is 1.94. The first kappa shape index (κ1) is 18.3. The third kappa shape index (κ3) is 4.60. The molecule has 1 aromatic heterocycles. The molecule has 0 unspecified atom stereocenters. The SMILES string of the molecule is O=C(Nc1ccc(NC(=O)c2cccnc2N2CCCCC2)cc1)NC1CC1. The van der Waals surface area contributed by atoms with Crippen LogP contribution in [0.5, 0.6) is 0 Å². The number of amides is 3. The van der Waals surface area contributed by atoms with Gasteiger partial charge in [-0.15, -0.1) is 0 Å². The summed E-state index contributed by atoms with van der Waals surface area (Å²) in [6, 6.07) is 10.8. The van der Waals surface area contributed by atoms with Crippen molar-refractivity contribution < 1.29 is 9.59 Å². The quantitative estimate of drug-likeness (QED) is 0.741. The molecule has 1 saturated carbocycles. The van der Waals surface area contributed by atoms with Crippen LogP contribution in [0.15, 0.2) is 42.6 Å². The Morgan fingerprint density at radius 3 is 2.29 bits per heavy atom. The Kier molecular flexibility index (Phi) is 5.41. The van der Waals surface area contributed by atoms with Crippen LogP contribution in [0.1, 0.15) is 42.5 Å². The number of hydrogen-bond acceptors (Lipinski definition) is 4. The second-order valence-corrected chi connectivity index (χ2v) is 7.33. The van der Waals surface area contributed by atoms with Gasteiger partial charge in [-0.25, -0.2) is 9.78 Å². The summed E-state index contributed by atoms with van der Waals surface area (Å²) >= 11 is 0. The molecule has 0 spiro atoms. The third-order valence-electron chi connectivity index (χ3n) is 5.00. The van der Waals surface area contributed by atoms with E-state index in [1.807, 2.05) is 6.07 Å². The van der Waals surface area contributed by atoms with Crippen molar-refractivity contribution in [3.05, 3.63) is 48.2 Å². The van der Waals surface area contributed by atoms with Crippen LogP contribution in [0, 0.1) is 0 Å². The molecular formula is C21H25N5O2. The van der Waals surface area contributed by atoms with Gasteiger partial charge in [0.15, 0.2) is 0 Å². The van der Waals surface area contributed by atoms with E-state index in [4.69, 9.17) is 0 Å². The van der Waals surface area contributed by atoms with Crippen molar-refractivity contribution in [1.29, 1.82) is 0 Å². The van der Waals surface area contributed by atoms with Crippen molar-refractivity contribution in [1.82, 2.24) is 10.3 Å². The topological polar surface area (TPSA) is 86.4 Å². The minimum absolute atomic E-state index is 0.180. The third-order valence-corrected chi connectivity index (χ3v) is 5.00. The highest BCUT2D eigenvalue weighted by Crippen LogP contribution is 2.23. The zero-order valence-corrected chi connectivity index (χ0v) is 15.8. The molecule has 2 heterocycles. The van der Waals surface area contributed by atoms with E-state index in [1.54, 1.807) is 36.5 Å². The molecule has 1 aromatic carbocycles. The monoisotopic (exact) mass is 379 g/mol. The van der Waals surface area contributed by atoms with Crippen LogP contribution in [0.2, 0.25) is 0 Å². The molecule has 4 rings (SSSR count). The summed E-state index contributed by atoms with van der Waals surface area (Å²) in [6.07, 6.45) is 7.30. The van der Waals surface area contributed by atoms with Gasteiger partial charge in [0.05, 0.1) is 5.56 Å². The molecule has 0 atom stereocenters. The number of piperidine rings is 1. The van der Waals surface area contributed by atoms with Gasteiger partial charge in [0.2, 0.25) is 0 Å². The summed E-state index contributed by atoms with van der Waals surface area (Å²) in [4.78, 5) is 31.2. The first-order valence-corrected chi connectivity index (χ1v) is 9.88. The molecule has 2 aliphatic rings. The molecule has 1 saturated heterocycles. The summed E-state index contributed by atoms with van der Waals surface area (Å²) in [5.74, 6) is 0.565. The number of hydrogen-bond donors (Lipinski definition) is 3. The first-order valence-electron chi connectivity index (χ1n) is 9.88. The molecule has 7 heteroatoms. The average Bonchev–Trinajstić information content (AvgIpc) is 3.54. The van der Waals surface area contributed by atoms with Crippen molar-refractivity contribution in [3.63, 3.8) is 0 Å². The van der Waals surface area contributed by atoms with E-state index in [0.717, 1.165) is 44.6 Å².